The Hall–Kier alpha value is -3.46. The summed E-state index contributed by atoms with van der Waals surface area (Å²) in [4.78, 5) is 12.4. The lowest BCUT2D eigenvalue weighted by Crippen LogP contribution is -2.23. The Bertz CT molecular complexity index is 1210. The highest BCUT2D eigenvalue weighted by Crippen LogP contribution is 2.35. The summed E-state index contributed by atoms with van der Waals surface area (Å²) in [6, 6.07) is 22.6. The van der Waals surface area contributed by atoms with Crippen molar-refractivity contribution in [1.82, 2.24) is 5.32 Å². The van der Waals surface area contributed by atoms with E-state index in [4.69, 9.17) is 32.7 Å². The van der Waals surface area contributed by atoms with Gasteiger partial charge in [-0.1, -0.05) is 79.5 Å². The fourth-order valence-electron chi connectivity index (χ4n) is 3.42. The van der Waals surface area contributed by atoms with Crippen LogP contribution in [0.25, 0.3) is 6.08 Å². The van der Waals surface area contributed by atoms with Gasteiger partial charge in [0.2, 0.25) is 0 Å². The van der Waals surface area contributed by atoms with E-state index in [1.54, 1.807) is 12.1 Å². The molecule has 0 spiro atoms. The molecule has 0 aliphatic rings. The zero-order valence-corrected chi connectivity index (χ0v) is 21.8. The molecule has 1 amide bonds. The molecule has 0 radical (unpaired) electrons. The number of nitrogens with zero attached hydrogens (tertiary/aromatic N) is 1. The summed E-state index contributed by atoms with van der Waals surface area (Å²) in [5.41, 5.74) is 2.67. The second kappa shape index (κ2) is 13.6. The largest absolute Gasteiger partial charge is 0.490 e. The van der Waals surface area contributed by atoms with Crippen LogP contribution in [0.5, 0.6) is 11.5 Å². The summed E-state index contributed by atoms with van der Waals surface area (Å²) < 4.78 is 11.5. The van der Waals surface area contributed by atoms with Crippen molar-refractivity contribution in [3.8, 4) is 17.6 Å². The zero-order valence-electron chi connectivity index (χ0n) is 20.3. The summed E-state index contributed by atoms with van der Waals surface area (Å²) in [6.45, 7) is 5.24. The van der Waals surface area contributed by atoms with E-state index < -0.39 is 5.91 Å². The summed E-state index contributed by atoms with van der Waals surface area (Å²) >= 11 is 12.8. The SMILES string of the molecule is CC[C@H](C)c1ccc(OCCOc2c(Cl)cc(/C=C(\C#N)C(=O)NCc3ccccc3)cc2Cl)cc1. The average Bonchev–Trinajstić information content (AvgIpc) is 2.90. The van der Waals surface area contributed by atoms with Gasteiger partial charge in [0.25, 0.3) is 5.91 Å². The minimum Gasteiger partial charge on any atom is -0.490 e. The van der Waals surface area contributed by atoms with Crippen LogP contribution in [-0.2, 0) is 11.3 Å². The monoisotopic (exact) mass is 522 g/mol. The van der Waals surface area contributed by atoms with Gasteiger partial charge in [0, 0.05) is 6.54 Å². The van der Waals surface area contributed by atoms with E-state index in [0.717, 1.165) is 17.7 Å². The topological polar surface area (TPSA) is 71.3 Å². The molecule has 0 heterocycles. The highest BCUT2D eigenvalue weighted by Gasteiger charge is 2.13. The van der Waals surface area contributed by atoms with E-state index in [1.165, 1.54) is 11.6 Å². The van der Waals surface area contributed by atoms with Crippen LogP contribution >= 0.6 is 23.2 Å². The summed E-state index contributed by atoms with van der Waals surface area (Å²) in [7, 11) is 0. The van der Waals surface area contributed by atoms with E-state index in [0.29, 0.717) is 30.4 Å². The number of hydrogen-bond donors (Lipinski definition) is 1. The molecular formula is C29H28Cl2N2O3. The number of halogens is 2. The fourth-order valence-corrected chi connectivity index (χ4v) is 4.03. The first-order valence-corrected chi connectivity index (χ1v) is 12.4. The predicted octanol–water partition coefficient (Wildman–Crippen LogP) is 7.19. The number of benzene rings is 3. The van der Waals surface area contributed by atoms with Crippen LogP contribution in [0.3, 0.4) is 0 Å². The molecule has 0 saturated heterocycles. The third kappa shape index (κ3) is 7.78. The molecule has 0 fully saturated rings. The lowest BCUT2D eigenvalue weighted by Gasteiger charge is -2.13. The number of carbonyl (C=O) groups is 1. The van der Waals surface area contributed by atoms with Gasteiger partial charge < -0.3 is 14.8 Å². The number of nitrogens with one attached hydrogen (secondary N) is 1. The molecule has 36 heavy (non-hydrogen) atoms. The summed E-state index contributed by atoms with van der Waals surface area (Å²) in [6.07, 6.45) is 2.53. The van der Waals surface area contributed by atoms with Crippen molar-refractivity contribution in [1.29, 1.82) is 5.26 Å². The molecule has 0 aliphatic carbocycles. The maximum atomic E-state index is 12.4. The molecule has 0 unspecified atom stereocenters. The van der Waals surface area contributed by atoms with Crippen molar-refractivity contribution in [2.24, 2.45) is 0 Å². The Kier molecular flexibility index (Phi) is 10.2. The fraction of sp³-hybridized carbons (Fsp3) is 0.241. The lowest BCUT2D eigenvalue weighted by atomic mass is 9.99. The molecule has 0 aliphatic heterocycles. The third-order valence-corrected chi connectivity index (χ3v) is 6.21. The molecule has 1 atom stereocenters. The van der Waals surface area contributed by atoms with Crippen LogP contribution in [0.15, 0.2) is 72.3 Å². The first kappa shape index (κ1) is 27.1. The van der Waals surface area contributed by atoms with Gasteiger partial charge in [0.05, 0.1) is 10.0 Å². The van der Waals surface area contributed by atoms with Crippen LogP contribution in [0.1, 0.15) is 42.9 Å². The Balaban J connectivity index is 1.56. The van der Waals surface area contributed by atoms with Crippen molar-refractivity contribution >= 4 is 35.2 Å². The molecule has 1 N–H and O–H groups in total. The third-order valence-electron chi connectivity index (χ3n) is 5.65. The van der Waals surface area contributed by atoms with Crippen molar-refractivity contribution < 1.29 is 14.3 Å². The maximum Gasteiger partial charge on any atom is 0.262 e. The van der Waals surface area contributed by atoms with Gasteiger partial charge in [-0.2, -0.15) is 5.26 Å². The van der Waals surface area contributed by atoms with Gasteiger partial charge in [-0.05, 0) is 59.4 Å². The van der Waals surface area contributed by atoms with Crippen molar-refractivity contribution in [2.75, 3.05) is 13.2 Å². The van der Waals surface area contributed by atoms with Gasteiger partial charge in [-0.25, -0.2) is 0 Å². The van der Waals surface area contributed by atoms with Crippen LogP contribution in [-0.4, -0.2) is 19.1 Å². The molecule has 7 heteroatoms. The van der Waals surface area contributed by atoms with Gasteiger partial charge in [-0.15, -0.1) is 0 Å². The molecular weight excluding hydrogens is 495 g/mol. The highest BCUT2D eigenvalue weighted by atomic mass is 35.5. The molecule has 186 valence electrons. The van der Waals surface area contributed by atoms with Crippen LogP contribution < -0.4 is 14.8 Å². The zero-order chi connectivity index (χ0) is 25.9. The Morgan fingerprint density at radius 1 is 1.03 bits per heavy atom. The minimum atomic E-state index is -0.483. The molecule has 0 bridgehead atoms. The number of rotatable bonds is 11. The summed E-state index contributed by atoms with van der Waals surface area (Å²) in [5, 5.41) is 12.7. The Labute approximate surface area is 222 Å². The minimum absolute atomic E-state index is 0.0560. The second-order valence-electron chi connectivity index (χ2n) is 8.23. The molecule has 5 nitrogen and oxygen atoms in total. The number of ether oxygens (including phenoxy) is 2. The normalized spacial score (nSPS) is 11.9. The standard InChI is InChI=1S/C29H28Cl2N2O3/c1-3-20(2)23-9-11-25(12-10-23)35-13-14-36-28-26(30)16-22(17-27(28)31)15-24(18-32)29(34)33-19-21-7-5-4-6-8-21/h4-12,15-17,20H,3,13-14,19H2,1-2H3,(H,33,34)/b24-15+/t20-/m0/s1. The van der Waals surface area contributed by atoms with Crippen molar-refractivity contribution in [3.63, 3.8) is 0 Å². The van der Waals surface area contributed by atoms with E-state index >= 15 is 0 Å². The number of amides is 1. The number of nitriles is 1. The molecule has 0 aromatic heterocycles. The first-order chi connectivity index (χ1) is 17.4. The smallest absolute Gasteiger partial charge is 0.262 e. The molecule has 3 rings (SSSR count). The average molecular weight is 523 g/mol. The van der Waals surface area contributed by atoms with Crippen molar-refractivity contribution in [2.45, 2.75) is 32.7 Å². The van der Waals surface area contributed by atoms with Gasteiger partial charge in [0.1, 0.15) is 30.6 Å². The van der Waals surface area contributed by atoms with Gasteiger partial charge in [0.15, 0.2) is 5.75 Å². The van der Waals surface area contributed by atoms with Crippen LogP contribution in [0.2, 0.25) is 10.0 Å². The van der Waals surface area contributed by atoms with E-state index in [-0.39, 0.29) is 22.2 Å². The lowest BCUT2D eigenvalue weighted by molar-refractivity contribution is -0.117. The molecule has 3 aromatic rings. The summed E-state index contributed by atoms with van der Waals surface area (Å²) in [5.74, 6) is 1.11. The molecule has 3 aromatic carbocycles. The van der Waals surface area contributed by atoms with Gasteiger partial charge >= 0.3 is 0 Å². The van der Waals surface area contributed by atoms with E-state index in [9.17, 15) is 10.1 Å². The van der Waals surface area contributed by atoms with Crippen LogP contribution in [0, 0.1) is 11.3 Å². The second-order valence-corrected chi connectivity index (χ2v) is 9.04. The van der Waals surface area contributed by atoms with E-state index in [2.05, 4.69) is 31.3 Å². The first-order valence-electron chi connectivity index (χ1n) is 11.7. The Morgan fingerprint density at radius 2 is 1.67 bits per heavy atom. The van der Waals surface area contributed by atoms with Crippen molar-refractivity contribution in [3.05, 3.63) is 99.0 Å². The Morgan fingerprint density at radius 3 is 2.28 bits per heavy atom. The number of hydrogen-bond acceptors (Lipinski definition) is 4. The highest BCUT2D eigenvalue weighted by molar-refractivity contribution is 6.37. The van der Waals surface area contributed by atoms with E-state index in [1.807, 2.05) is 48.5 Å². The maximum absolute atomic E-state index is 12.4. The quantitative estimate of drug-likeness (QED) is 0.164. The van der Waals surface area contributed by atoms with Gasteiger partial charge in [-0.3, -0.25) is 4.79 Å². The predicted molar refractivity (Wildman–Crippen MR) is 144 cm³/mol. The number of carbonyl (C=O) groups excluding carboxylic acids is 1. The van der Waals surface area contributed by atoms with Crippen LogP contribution in [0.4, 0.5) is 0 Å². The molecule has 0 saturated carbocycles.